The fraction of sp³-hybridized carbons (Fsp3) is 0.273. The molecule has 0 amide bonds. The Bertz CT molecular complexity index is 513. The first-order valence-corrected chi connectivity index (χ1v) is 5.42. The normalized spacial score (nSPS) is 10.3. The molecule has 0 unspecified atom stereocenters. The molecule has 0 fully saturated rings. The van der Waals surface area contributed by atoms with Crippen LogP contribution in [0.25, 0.3) is 0 Å². The number of aromatic nitrogens is 2. The van der Waals surface area contributed by atoms with E-state index in [4.69, 9.17) is 20.8 Å². The summed E-state index contributed by atoms with van der Waals surface area (Å²) in [4.78, 5) is 7.89. The second kappa shape index (κ2) is 5.05. The number of anilines is 1. The van der Waals surface area contributed by atoms with Crippen molar-refractivity contribution in [3.05, 3.63) is 35.1 Å². The molecule has 5 nitrogen and oxygen atoms in total. The average Bonchev–Trinajstić information content (AvgIpc) is 2.72. The Morgan fingerprint density at radius 2 is 2.24 bits per heavy atom. The first-order valence-electron chi connectivity index (χ1n) is 5.04. The molecule has 0 saturated heterocycles. The topological polar surface area (TPSA) is 60.2 Å². The first kappa shape index (κ1) is 11.7. The molecular weight excluding hydrogens is 242 g/mol. The lowest BCUT2D eigenvalue weighted by molar-refractivity contribution is 0.412. The van der Waals surface area contributed by atoms with E-state index in [1.165, 1.54) is 13.4 Å². The van der Waals surface area contributed by atoms with Crippen LogP contribution in [0.3, 0.4) is 0 Å². The fourth-order valence-corrected chi connectivity index (χ4v) is 1.62. The molecule has 0 bridgehead atoms. The molecule has 17 heavy (non-hydrogen) atoms. The van der Waals surface area contributed by atoms with Crippen LogP contribution in [0.5, 0.6) is 5.75 Å². The lowest BCUT2D eigenvalue weighted by Gasteiger charge is -2.09. The third kappa shape index (κ3) is 2.68. The van der Waals surface area contributed by atoms with Crippen LogP contribution >= 0.6 is 11.6 Å². The summed E-state index contributed by atoms with van der Waals surface area (Å²) in [5.74, 6) is 2.66. The van der Waals surface area contributed by atoms with E-state index in [1.54, 1.807) is 0 Å². The minimum atomic E-state index is 0.278. The summed E-state index contributed by atoms with van der Waals surface area (Å²) in [7, 11) is 1.52. The number of hydrogen-bond donors (Lipinski definition) is 1. The van der Waals surface area contributed by atoms with Crippen molar-refractivity contribution < 1.29 is 9.15 Å². The van der Waals surface area contributed by atoms with Gasteiger partial charge >= 0.3 is 0 Å². The maximum atomic E-state index is 5.88. The molecule has 0 aliphatic rings. The molecule has 0 saturated carbocycles. The number of ether oxygens (including phenoxy) is 1. The molecule has 0 atom stereocenters. The van der Waals surface area contributed by atoms with Crippen LogP contribution in [0.1, 0.15) is 11.5 Å². The minimum absolute atomic E-state index is 0.278. The molecule has 0 aromatic carbocycles. The summed E-state index contributed by atoms with van der Waals surface area (Å²) < 4.78 is 10.5. The minimum Gasteiger partial charge on any atom is -0.490 e. The molecule has 2 heterocycles. The van der Waals surface area contributed by atoms with Gasteiger partial charge in [0.2, 0.25) is 0 Å². The van der Waals surface area contributed by atoms with Crippen molar-refractivity contribution in [3.8, 4) is 5.75 Å². The predicted molar refractivity (Wildman–Crippen MR) is 64.4 cm³/mol. The number of halogens is 1. The van der Waals surface area contributed by atoms with Gasteiger partial charge in [0.1, 0.15) is 17.8 Å². The van der Waals surface area contributed by atoms with Crippen molar-refractivity contribution in [2.24, 2.45) is 0 Å². The predicted octanol–water partition coefficient (Wildman–Crippen LogP) is 2.65. The zero-order valence-electron chi connectivity index (χ0n) is 9.53. The van der Waals surface area contributed by atoms with Gasteiger partial charge < -0.3 is 14.5 Å². The van der Waals surface area contributed by atoms with E-state index in [2.05, 4.69) is 15.3 Å². The Hall–Kier alpha value is -1.75. The van der Waals surface area contributed by atoms with Crippen LogP contribution in [0.15, 0.2) is 22.9 Å². The number of aryl methyl sites for hydroxylation is 1. The standard InChI is InChI=1S/C11H12ClN3O2/c1-7-3-4-8(17-7)5-13-11-9(16-2)10(12)14-6-15-11/h3-4,6H,5H2,1-2H3,(H,13,14,15). The molecule has 0 aliphatic carbocycles. The van der Waals surface area contributed by atoms with Gasteiger partial charge in [0.05, 0.1) is 13.7 Å². The lowest BCUT2D eigenvalue weighted by atomic mass is 10.4. The molecule has 0 radical (unpaired) electrons. The second-order valence-corrected chi connectivity index (χ2v) is 3.77. The van der Waals surface area contributed by atoms with Crippen LogP contribution in [-0.4, -0.2) is 17.1 Å². The smallest absolute Gasteiger partial charge is 0.198 e. The van der Waals surface area contributed by atoms with E-state index in [9.17, 15) is 0 Å². The quantitative estimate of drug-likeness (QED) is 0.849. The van der Waals surface area contributed by atoms with Crippen molar-refractivity contribution in [2.75, 3.05) is 12.4 Å². The monoisotopic (exact) mass is 253 g/mol. The van der Waals surface area contributed by atoms with E-state index >= 15 is 0 Å². The largest absolute Gasteiger partial charge is 0.490 e. The van der Waals surface area contributed by atoms with E-state index in [1.807, 2.05) is 19.1 Å². The Labute approximate surface area is 104 Å². The first-order chi connectivity index (χ1) is 8.20. The van der Waals surface area contributed by atoms with Crippen LogP contribution in [0.4, 0.5) is 5.82 Å². The SMILES string of the molecule is COc1c(Cl)ncnc1NCc1ccc(C)o1. The molecule has 2 aromatic heterocycles. The van der Waals surface area contributed by atoms with Gasteiger partial charge in [0.15, 0.2) is 16.7 Å². The fourth-order valence-electron chi connectivity index (χ4n) is 1.41. The summed E-state index contributed by atoms with van der Waals surface area (Å²) in [6.07, 6.45) is 1.38. The van der Waals surface area contributed by atoms with Gasteiger partial charge in [-0.25, -0.2) is 9.97 Å². The summed E-state index contributed by atoms with van der Waals surface area (Å²) in [5, 5.41) is 3.36. The van der Waals surface area contributed by atoms with Gasteiger partial charge in [-0.2, -0.15) is 0 Å². The maximum Gasteiger partial charge on any atom is 0.198 e. The van der Waals surface area contributed by atoms with Gasteiger partial charge in [-0.15, -0.1) is 0 Å². The Morgan fingerprint density at radius 1 is 1.41 bits per heavy atom. The van der Waals surface area contributed by atoms with Crippen molar-refractivity contribution in [3.63, 3.8) is 0 Å². The summed E-state index contributed by atoms with van der Waals surface area (Å²) in [6.45, 7) is 2.41. The number of methoxy groups -OCH3 is 1. The second-order valence-electron chi connectivity index (χ2n) is 3.41. The maximum absolute atomic E-state index is 5.88. The molecule has 6 heteroatoms. The van der Waals surface area contributed by atoms with Gasteiger partial charge in [-0.05, 0) is 19.1 Å². The highest BCUT2D eigenvalue weighted by molar-refractivity contribution is 6.31. The highest BCUT2D eigenvalue weighted by atomic mass is 35.5. The molecule has 1 N–H and O–H groups in total. The zero-order chi connectivity index (χ0) is 12.3. The van der Waals surface area contributed by atoms with Crippen LogP contribution in [-0.2, 0) is 6.54 Å². The number of hydrogen-bond acceptors (Lipinski definition) is 5. The summed E-state index contributed by atoms with van der Waals surface area (Å²) in [6, 6.07) is 3.80. The molecule has 2 rings (SSSR count). The molecular formula is C11H12ClN3O2. The van der Waals surface area contributed by atoms with Gasteiger partial charge in [-0.1, -0.05) is 11.6 Å². The highest BCUT2D eigenvalue weighted by Crippen LogP contribution is 2.28. The van der Waals surface area contributed by atoms with Gasteiger partial charge in [-0.3, -0.25) is 0 Å². The average molecular weight is 254 g/mol. The van der Waals surface area contributed by atoms with Crippen molar-refractivity contribution in [1.29, 1.82) is 0 Å². The highest BCUT2D eigenvalue weighted by Gasteiger charge is 2.10. The Balaban J connectivity index is 2.11. The summed E-state index contributed by atoms with van der Waals surface area (Å²) >= 11 is 5.88. The molecule has 0 spiro atoms. The molecule has 0 aliphatic heterocycles. The van der Waals surface area contributed by atoms with Crippen LogP contribution in [0.2, 0.25) is 5.15 Å². The third-order valence-corrected chi connectivity index (χ3v) is 2.46. The van der Waals surface area contributed by atoms with E-state index in [0.29, 0.717) is 18.1 Å². The van der Waals surface area contributed by atoms with Crippen LogP contribution < -0.4 is 10.1 Å². The van der Waals surface area contributed by atoms with Crippen LogP contribution in [0, 0.1) is 6.92 Å². The number of nitrogens with one attached hydrogen (secondary N) is 1. The number of furan rings is 1. The number of rotatable bonds is 4. The molecule has 90 valence electrons. The van der Waals surface area contributed by atoms with Crippen molar-refractivity contribution in [1.82, 2.24) is 9.97 Å². The Kier molecular flexibility index (Phi) is 3.49. The molecule has 2 aromatic rings. The van der Waals surface area contributed by atoms with Gasteiger partial charge in [0.25, 0.3) is 0 Å². The van der Waals surface area contributed by atoms with Crippen molar-refractivity contribution >= 4 is 17.4 Å². The van der Waals surface area contributed by atoms with E-state index < -0.39 is 0 Å². The number of nitrogens with zero attached hydrogens (tertiary/aromatic N) is 2. The lowest BCUT2D eigenvalue weighted by Crippen LogP contribution is -2.03. The van der Waals surface area contributed by atoms with E-state index in [-0.39, 0.29) is 5.15 Å². The Morgan fingerprint density at radius 3 is 2.88 bits per heavy atom. The van der Waals surface area contributed by atoms with E-state index in [0.717, 1.165) is 11.5 Å². The summed E-state index contributed by atoms with van der Waals surface area (Å²) in [5.41, 5.74) is 0. The third-order valence-electron chi connectivity index (χ3n) is 2.19. The van der Waals surface area contributed by atoms with Gasteiger partial charge in [0, 0.05) is 0 Å². The van der Waals surface area contributed by atoms with Crippen molar-refractivity contribution in [2.45, 2.75) is 13.5 Å². The zero-order valence-corrected chi connectivity index (χ0v) is 10.3.